The standard InChI is InChI=1S/C12H22O2/c1-7(2)11(9(5)10(6)13)12(14)8(3)4/h7-8,11-14H,5-6H2,1-4H3. The molecular formula is C12H22O2. The summed E-state index contributed by atoms with van der Waals surface area (Å²) in [7, 11) is 0. The summed E-state index contributed by atoms with van der Waals surface area (Å²) in [5, 5.41) is 19.2. The molecule has 0 radical (unpaired) electrons. The zero-order valence-corrected chi connectivity index (χ0v) is 9.62. The number of aliphatic hydroxyl groups excluding tert-OH is 2. The van der Waals surface area contributed by atoms with E-state index >= 15 is 0 Å². The van der Waals surface area contributed by atoms with E-state index in [1.807, 2.05) is 27.7 Å². The van der Waals surface area contributed by atoms with Crippen LogP contribution in [0.3, 0.4) is 0 Å². The maximum absolute atomic E-state index is 9.96. The van der Waals surface area contributed by atoms with E-state index in [0.717, 1.165) is 0 Å². The van der Waals surface area contributed by atoms with Gasteiger partial charge < -0.3 is 10.2 Å². The Kier molecular flexibility index (Phi) is 4.92. The van der Waals surface area contributed by atoms with Crippen LogP contribution in [-0.2, 0) is 0 Å². The molecule has 0 bridgehead atoms. The van der Waals surface area contributed by atoms with Crippen molar-refractivity contribution in [2.75, 3.05) is 0 Å². The quantitative estimate of drug-likeness (QED) is 0.526. The number of allylic oxidation sites excluding steroid dienone is 1. The van der Waals surface area contributed by atoms with Crippen LogP contribution in [0.4, 0.5) is 0 Å². The first-order chi connectivity index (χ1) is 6.29. The van der Waals surface area contributed by atoms with Gasteiger partial charge in [0.25, 0.3) is 0 Å². The third-order valence-corrected chi connectivity index (χ3v) is 2.54. The van der Waals surface area contributed by atoms with Gasteiger partial charge in [0, 0.05) is 5.92 Å². The normalized spacial score (nSPS) is 15.6. The minimum Gasteiger partial charge on any atom is -0.508 e. The van der Waals surface area contributed by atoms with Crippen molar-refractivity contribution in [2.24, 2.45) is 17.8 Å². The van der Waals surface area contributed by atoms with Gasteiger partial charge in [0.15, 0.2) is 0 Å². The molecule has 2 N–H and O–H groups in total. The van der Waals surface area contributed by atoms with E-state index in [0.29, 0.717) is 5.57 Å². The van der Waals surface area contributed by atoms with Gasteiger partial charge in [0.05, 0.1) is 6.10 Å². The third kappa shape index (κ3) is 3.18. The maximum Gasteiger partial charge on any atom is 0.111 e. The molecule has 0 heterocycles. The minimum absolute atomic E-state index is 0.0246. The molecule has 0 aliphatic rings. The van der Waals surface area contributed by atoms with Gasteiger partial charge in [0.1, 0.15) is 5.76 Å². The van der Waals surface area contributed by atoms with Crippen molar-refractivity contribution in [3.05, 3.63) is 24.5 Å². The van der Waals surface area contributed by atoms with Gasteiger partial charge in [-0.05, 0) is 17.4 Å². The van der Waals surface area contributed by atoms with Crippen molar-refractivity contribution in [1.29, 1.82) is 0 Å². The van der Waals surface area contributed by atoms with E-state index in [1.165, 1.54) is 0 Å². The highest BCUT2D eigenvalue weighted by molar-refractivity contribution is 5.23. The lowest BCUT2D eigenvalue weighted by atomic mass is 9.79. The van der Waals surface area contributed by atoms with Crippen molar-refractivity contribution in [1.82, 2.24) is 0 Å². The molecule has 2 unspecified atom stereocenters. The second-order valence-corrected chi connectivity index (χ2v) is 4.48. The topological polar surface area (TPSA) is 40.5 Å². The Morgan fingerprint density at radius 1 is 1.00 bits per heavy atom. The first-order valence-corrected chi connectivity index (χ1v) is 5.04. The highest BCUT2D eigenvalue weighted by Crippen LogP contribution is 2.29. The average Bonchev–Trinajstić information content (AvgIpc) is 2.03. The van der Waals surface area contributed by atoms with E-state index in [4.69, 9.17) is 0 Å². The van der Waals surface area contributed by atoms with Gasteiger partial charge in [-0.15, -0.1) is 0 Å². The molecule has 82 valence electrons. The molecule has 0 saturated carbocycles. The first kappa shape index (κ1) is 13.2. The second-order valence-electron chi connectivity index (χ2n) is 4.48. The molecule has 0 saturated heterocycles. The number of hydrogen-bond donors (Lipinski definition) is 2. The largest absolute Gasteiger partial charge is 0.508 e. The van der Waals surface area contributed by atoms with Crippen LogP contribution in [0, 0.1) is 17.8 Å². The summed E-state index contributed by atoms with van der Waals surface area (Å²) in [6.07, 6.45) is -0.480. The van der Waals surface area contributed by atoms with Crippen molar-refractivity contribution in [3.63, 3.8) is 0 Å². The Morgan fingerprint density at radius 3 is 1.64 bits per heavy atom. The Morgan fingerprint density at radius 2 is 1.43 bits per heavy atom. The molecule has 14 heavy (non-hydrogen) atoms. The third-order valence-electron chi connectivity index (χ3n) is 2.54. The van der Waals surface area contributed by atoms with Crippen molar-refractivity contribution in [3.8, 4) is 0 Å². The van der Waals surface area contributed by atoms with Crippen LogP contribution in [0.1, 0.15) is 27.7 Å². The Balaban J connectivity index is 4.77. The maximum atomic E-state index is 9.96. The smallest absolute Gasteiger partial charge is 0.111 e. The zero-order chi connectivity index (χ0) is 11.5. The van der Waals surface area contributed by atoms with Crippen LogP contribution in [0.5, 0.6) is 0 Å². The molecule has 0 rings (SSSR count). The molecule has 0 amide bonds. The predicted molar refractivity (Wildman–Crippen MR) is 60.1 cm³/mol. The van der Waals surface area contributed by atoms with Crippen LogP contribution in [0.15, 0.2) is 24.5 Å². The average molecular weight is 198 g/mol. The van der Waals surface area contributed by atoms with Gasteiger partial charge >= 0.3 is 0 Å². The monoisotopic (exact) mass is 198 g/mol. The van der Waals surface area contributed by atoms with Crippen LogP contribution in [-0.4, -0.2) is 16.3 Å². The van der Waals surface area contributed by atoms with Gasteiger partial charge in [-0.2, -0.15) is 0 Å². The van der Waals surface area contributed by atoms with E-state index in [2.05, 4.69) is 13.2 Å². The SMILES string of the molecule is C=C(O)C(=C)C(C(C)C)C(O)C(C)C. The fourth-order valence-corrected chi connectivity index (χ4v) is 1.61. The fourth-order valence-electron chi connectivity index (χ4n) is 1.61. The predicted octanol–water partition coefficient (Wildman–Crippen LogP) is 2.90. The van der Waals surface area contributed by atoms with E-state index in [9.17, 15) is 10.2 Å². The van der Waals surface area contributed by atoms with E-state index < -0.39 is 6.10 Å². The summed E-state index contributed by atoms with van der Waals surface area (Å²) in [4.78, 5) is 0. The van der Waals surface area contributed by atoms with Crippen LogP contribution in [0.2, 0.25) is 0 Å². The minimum atomic E-state index is -0.480. The van der Waals surface area contributed by atoms with E-state index in [-0.39, 0.29) is 23.5 Å². The lowest BCUT2D eigenvalue weighted by molar-refractivity contribution is 0.0587. The summed E-state index contributed by atoms with van der Waals surface area (Å²) >= 11 is 0. The molecular weight excluding hydrogens is 176 g/mol. The van der Waals surface area contributed by atoms with Crippen LogP contribution < -0.4 is 0 Å². The summed E-state index contributed by atoms with van der Waals surface area (Å²) in [5.74, 6) is 0.248. The summed E-state index contributed by atoms with van der Waals surface area (Å²) in [6, 6.07) is 0. The Labute approximate surface area is 87.0 Å². The van der Waals surface area contributed by atoms with Crippen molar-refractivity contribution >= 4 is 0 Å². The lowest BCUT2D eigenvalue weighted by Gasteiger charge is -2.30. The van der Waals surface area contributed by atoms with Gasteiger partial charge in [0.2, 0.25) is 0 Å². The Bertz CT molecular complexity index is 216. The van der Waals surface area contributed by atoms with Gasteiger partial charge in [-0.1, -0.05) is 40.9 Å². The lowest BCUT2D eigenvalue weighted by Crippen LogP contribution is -2.31. The number of hydrogen-bond acceptors (Lipinski definition) is 2. The number of rotatable bonds is 5. The molecule has 0 aromatic carbocycles. The molecule has 0 spiro atoms. The van der Waals surface area contributed by atoms with E-state index in [1.54, 1.807) is 0 Å². The molecule has 0 fully saturated rings. The molecule has 0 aliphatic carbocycles. The highest BCUT2D eigenvalue weighted by Gasteiger charge is 2.28. The van der Waals surface area contributed by atoms with Gasteiger partial charge in [-0.25, -0.2) is 0 Å². The first-order valence-electron chi connectivity index (χ1n) is 5.04. The Hall–Kier alpha value is -0.760. The fraction of sp³-hybridized carbons (Fsp3) is 0.667. The molecule has 0 aromatic rings. The summed E-state index contributed by atoms with van der Waals surface area (Å²) in [5.41, 5.74) is 0.543. The molecule has 2 nitrogen and oxygen atoms in total. The second kappa shape index (κ2) is 5.20. The van der Waals surface area contributed by atoms with Crippen molar-refractivity contribution in [2.45, 2.75) is 33.8 Å². The highest BCUT2D eigenvalue weighted by atomic mass is 16.3. The molecule has 2 heteroatoms. The molecule has 0 aliphatic heterocycles. The zero-order valence-electron chi connectivity index (χ0n) is 9.62. The number of aliphatic hydroxyl groups is 2. The summed E-state index contributed by atoms with van der Waals surface area (Å²) in [6.45, 7) is 15.1. The van der Waals surface area contributed by atoms with Gasteiger partial charge in [-0.3, -0.25) is 0 Å². The molecule has 2 atom stereocenters. The molecule has 0 aromatic heterocycles. The van der Waals surface area contributed by atoms with Crippen molar-refractivity contribution < 1.29 is 10.2 Å². The van der Waals surface area contributed by atoms with Crippen LogP contribution >= 0.6 is 0 Å². The van der Waals surface area contributed by atoms with Crippen LogP contribution in [0.25, 0.3) is 0 Å². The summed E-state index contributed by atoms with van der Waals surface area (Å²) < 4.78 is 0.